The summed E-state index contributed by atoms with van der Waals surface area (Å²) in [5.74, 6) is -3.15. The highest BCUT2D eigenvalue weighted by molar-refractivity contribution is 6.08. The van der Waals surface area contributed by atoms with Crippen molar-refractivity contribution in [3.63, 3.8) is 0 Å². The molecule has 1 atom stereocenters. The molecule has 0 bridgehead atoms. The van der Waals surface area contributed by atoms with E-state index in [1.165, 1.54) is 43.5 Å². The molecule has 0 saturated heterocycles. The van der Waals surface area contributed by atoms with Gasteiger partial charge in [0.2, 0.25) is 11.4 Å². The highest BCUT2D eigenvalue weighted by atomic mass is 19.4. The quantitative estimate of drug-likeness (QED) is 0.519. The summed E-state index contributed by atoms with van der Waals surface area (Å²) in [5, 5.41) is 3.69. The normalized spacial score (nSPS) is 17.1. The van der Waals surface area contributed by atoms with Crippen LogP contribution >= 0.6 is 0 Å². The second-order valence-corrected chi connectivity index (χ2v) is 7.43. The summed E-state index contributed by atoms with van der Waals surface area (Å²) in [6.07, 6.45) is -5.89. The minimum atomic E-state index is -5.41. The van der Waals surface area contributed by atoms with E-state index in [4.69, 9.17) is 4.74 Å². The fourth-order valence-corrected chi connectivity index (χ4v) is 3.79. The zero-order chi connectivity index (χ0) is 24.7. The van der Waals surface area contributed by atoms with Crippen LogP contribution in [0.5, 0.6) is 5.75 Å². The van der Waals surface area contributed by atoms with Crippen molar-refractivity contribution in [1.29, 1.82) is 0 Å². The number of benzene rings is 2. The van der Waals surface area contributed by atoms with Crippen molar-refractivity contribution >= 4 is 17.6 Å². The molecule has 0 aliphatic carbocycles. The van der Waals surface area contributed by atoms with Crippen LogP contribution in [-0.2, 0) is 21.5 Å². The van der Waals surface area contributed by atoms with Gasteiger partial charge in [0.05, 0.1) is 19.2 Å². The Bertz CT molecular complexity index is 1380. The number of hydrogen-bond donors (Lipinski definition) is 3. The van der Waals surface area contributed by atoms with Crippen molar-refractivity contribution in [2.24, 2.45) is 0 Å². The van der Waals surface area contributed by atoms with Crippen molar-refractivity contribution in [3.8, 4) is 11.4 Å². The Balaban J connectivity index is 1.88. The maximum absolute atomic E-state index is 14.4. The maximum Gasteiger partial charge on any atom is 0.425 e. The molecule has 34 heavy (non-hydrogen) atoms. The molecule has 2 amide bonds. The van der Waals surface area contributed by atoms with Gasteiger partial charge in [0.25, 0.3) is 11.5 Å². The number of halogens is 3. The number of aromatic nitrogens is 2. The summed E-state index contributed by atoms with van der Waals surface area (Å²) < 4.78 is 49.0. The van der Waals surface area contributed by atoms with Gasteiger partial charge in [-0.05, 0) is 29.8 Å². The topological polar surface area (TPSA) is 122 Å². The molecular formula is C22H17F3N4O5. The van der Waals surface area contributed by atoms with Crippen LogP contribution in [0.1, 0.15) is 11.1 Å². The number of hydrogen-bond acceptors (Lipinski definition) is 5. The van der Waals surface area contributed by atoms with Crippen LogP contribution in [0.15, 0.2) is 64.2 Å². The number of H-pyrrole nitrogens is 1. The third-order valence-corrected chi connectivity index (χ3v) is 5.35. The van der Waals surface area contributed by atoms with E-state index in [1.807, 2.05) is 10.3 Å². The Morgan fingerprint density at radius 3 is 2.29 bits per heavy atom. The van der Waals surface area contributed by atoms with E-state index in [0.29, 0.717) is 15.9 Å². The minimum Gasteiger partial charge on any atom is -0.497 e. The van der Waals surface area contributed by atoms with Gasteiger partial charge in [-0.25, -0.2) is 9.36 Å². The van der Waals surface area contributed by atoms with Crippen LogP contribution in [0, 0.1) is 0 Å². The lowest BCUT2D eigenvalue weighted by atomic mass is 9.91. The maximum atomic E-state index is 14.4. The summed E-state index contributed by atoms with van der Waals surface area (Å²) >= 11 is 0. The van der Waals surface area contributed by atoms with Crippen LogP contribution in [0.3, 0.4) is 0 Å². The Labute approximate surface area is 189 Å². The number of methoxy groups -OCH3 is 1. The number of carbonyl (C=O) groups is 2. The van der Waals surface area contributed by atoms with E-state index >= 15 is 0 Å². The van der Waals surface area contributed by atoms with Crippen molar-refractivity contribution in [2.75, 3.05) is 12.4 Å². The van der Waals surface area contributed by atoms with Gasteiger partial charge >= 0.3 is 11.9 Å². The Morgan fingerprint density at radius 1 is 1.06 bits per heavy atom. The number of amides is 2. The second kappa shape index (κ2) is 8.21. The highest BCUT2D eigenvalue weighted by Crippen LogP contribution is 2.45. The molecule has 9 nitrogen and oxygen atoms in total. The molecular weight excluding hydrogens is 457 g/mol. The lowest BCUT2D eigenvalue weighted by Crippen LogP contribution is -2.62. The molecule has 1 aliphatic heterocycles. The molecule has 0 fully saturated rings. The average Bonchev–Trinajstić information content (AvgIpc) is 3.07. The number of anilines is 1. The zero-order valence-electron chi connectivity index (χ0n) is 17.5. The van der Waals surface area contributed by atoms with Crippen LogP contribution < -0.4 is 26.6 Å². The molecule has 2 heterocycles. The predicted molar refractivity (Wildman–Crippen MR) is 114 cm³/mol. The van der Waals surface area contributed by atoms with Crippen LogP contribution in [0.2, 0.25) is 0 Å². The van der Waals surface area contributed by atoms with Crippen molar-refractivity contribution in [2.45, 2.75) is 18.1 Å². The first-order valence-corrected chi connectivity index (χ1v) is 9.86. The van der Waals surface area contributed by atoms with Crippen LogP contribution in [0.4, 0.5) is 19.0 Å². The van der Waals surface area contributed by atoms with E-state index in [-0.39, 0.29) is 5.69 Å². The molecule has 0 unspecified atom stereocenters. The molecule has 2 aromatic carbocycles. The highest BCUT2D eigenvalue weighted by Gasteiger charge is 2.68. The number of nitrogens with one attached hydrogen (secondary N) is 3. The largest absolute Gasteiger partial charge is 0.497 e. The van der Waals surface area contributed by atoms with E-state index in [9.17, 15) is 32.3 Å². The van der Waals surface area contributed by atoms with Gasteiger partial charge in [-0.3, -0.25) is 19.4 Å². The first-order valence-electron chi connectivity index (χ1n) is 9.86. The molecule has 0 saturated carbocycles. The zero-order valence-corrected chi connectivity index (χ0v) is 17.5. The van der Waals surface area contributed by atoms with Gasteiger partial charge in [-0.1, -0.05) is 30.3 Å². The lowest BCUT2D eigenvalue weighted by Gasteiger charge is -2.30. The molecule has 176 valence electrons. The van der Waals surface area contributed by atoms with Gasteiger partial charge in [0.1, 0.15) is 17.1 Å². The molecule has 3 aromatic rings. The molecule has 1 aliphatic rings. The fourth-order valence-electron chi connectivity index (χ4n) is 3.79. The standard InChI is InChI=1S/C22H17F3N4O5/c1-34-14-9-7-13(8-10-14)29-17-16(18(31)27-20(29)33)21(19(32)26-17,22(23,24)25)28-15(30)11-12-5-3-2-4-6-12/h2-10H,11H2,1H3,(H,26,32)(H,28,30)(H,27,31,33)/t21-/m0/s1. The molecule has 0 spiro atoms. The van der Waals surface area contributed by atoms with Crippen LogP contribution in [-0.4, -0.2) is 34.7 Å². The number of alkyl halides is 3. The average molecular weight is 474 g/mol. The van der Waals surface area contributed by atoms with E-state index in [1.54, 1.807) is 23.5 Å². The number of fused-ring (bicyclic) bond motifs is 1. The molecule has 4 rings (SSSR count). The van der Waals surface area contributed by atoms with Gasteiger partial charge in [0, 0.05) is 0 Å². The summed E-state index contributed by atoms with van der Waals surface area (Å²) in [5.41, 5.74) is -6.94. The number of ether oxygens (including phenoxy) is 1. The SMILES string of the molecule is COc1ccc(-n2c3c(c(=O)[nH]c2=O)[C@@](NC(=O)Cc2ccccc2)(C(F)(F)F)C(=O)N3)cc1. The first kappa shape index (κ1) is 22.8. The second-order valence-electron chi connectivity index (χ2n) is 7.43. The monoisotopic (exact) mass is 474 g/mol. The fraction of sp³-hybridized carbons (Fsp3) is 0.182. The Kier molecular flexibility index (Phi) is 5.51. The van der Waals surface area contributed by atoms with Gasteiger partial charge < -0.3 is 15.4 Å². The van der Waals surface area contributed by atoms with Crippen molar-refractivity contribution in [1.82, 2.24) is 14.9 Å². The number of carbonyl (C=O) groups excluding carboxylic acids is 2. The third kappa shape index (κ3) is 3.62. The number of nitrogens with zero attached hydrogens (tertiary/aromatic N) is 1. The van der Waals surface area contributed by atoms with Crippen molar-refractivity contribution in [3.05, 3.63) is 86.6 Å². The Hall–Kier alpha value is -4.35. The number of aromatic amines is 1. The van der Waals surface area contributed by atoms with Crippen molar-refractivity contribution < 1.29 is 27.5 Å². The van der Waals surface area contributed by atoms with E-state index in [2.05, 4.69) is 0 Å². The van der Waals surface area contributed by atoms with E-state index in [0.717, 1.165) is 0 Å². The van der Waals surface area contributed by atoms with E-state index < -0.39 is 52.6 Å². The smallest absolute Gasteiger partial charge is 0.425 e. The van der Waals surface area contributed by atoms with Gasteiger partial charge in [0.15, 0.2) is 0 Å². The first-order chi connectivity index (χ1) is 16.1. The summed E-state index contributed by atoms with van der Waals surface area (Å²) in [7, 11) is 1.40. The lowest BCUT2D eigenvalue weighted by molar-refractivity contribution is -0.200. The summed E-state index contributed by atoms with van der Waals surface area (Å²) in [4.78, 5) is 52.4. The van der Waals surface area contributed by atoms with Gasteiger partial charge in [-0.2, -0.15) is 13.2 Å². The van der Waals surface area contributed by atoms with Gasteiger partial charge in [-0.15, -0.1) is 0 Å². The third-order valence-electron chi connectivity index (χ3n) is 5.35. The summed E-state index contributed by atoms with van der Waals surface area (Å²) in [6, 6.07) is 13.5. The predicted octanol–water partition coefficient (Wildman–Crippen LogP) is 1.60. The van der Waals surface area contributed by atoms with Crippen LogP contribution in [0.25, 0.3) is 5.69 Å². The molecule has 1 aromatic heterocycles. The number of rotatable bonds is 5. The molecule has 12 heteroatoms. The molecule has 3 N–H and O–H groups in total. The minimum absolute atomic E-state index is 0.0483. The molecule has 0 radical (unpaired) electrons. The summed E-state index contributed by atoms with van der Waals surface area (Å²) in [6.45, 7) is 0. The Morgan fingerprint density at radius 2 is 1.71 bits per heavy atom.